The molecule has 2 amide bonds. The average Bonchev–Trinajstić information content (AvgIpc) is 3.39. The summed E-state index contributed by atoms with van der Waals surface area (Å²) in [6.07, 6.45) is -0.00624. The highest BCUT2D eigenvalue weighted by atomic mass is 19.1. The molecule has 3 heterocycles. The van der Waals surface area contributed by atoms with Gasteiger partial charge in [-0.25, -0.2) is 9.18 Å². The van der Waals surface area contributed by atoms with Crippen molar-refractivity contribution >= 4 is 17.8 Å². The lowest BCUT2D eigenvalue weighted by molar-refractivity contribution is -0.143. The maximum atomic E-state index is 13.5. The first-order chi connectivity index (χ1) is 18.8. The molecule has 1 saturated heterocycles. The third-order valence-corrected chi connectivity index (χ3v) is 7.45. The zero-order valence-electron chi connectivity index (χ0n) is 22.2. The lowest BCUT2D eigenvalue weighted by atomic mass is 9.83. The van der Waals surface area contributed by atoms with Crippen molar-refractivity contribution in [3.05, 3.63) is 70.7 Å². The van der Waals surface area contributed by atoms with E-state index in [0.717, 1.165) is 23.6 Å². The maximum Gasteiger partial charge on any atom is 0.336 e. The molecule has 206 valence electrons. The Hall–Kier alpha value is -3.92. The van der Waals surface area contributed by atoms with E-state index in [1.807, 2.05) is 18.2 Å². The van der Waals surface area contributed by atoms with Crippen molar-refractivity contribution in [1.29, 1.82) is 0 Å². The Kier molecular flexibility index (Phi) is 7.83. The highest BCUT2D eigenvalue weighted by Gasteiger charge is 2.38. The predicted molar refractivity (Wildman–Crippen MR) is 139 cm³/mol. The Morgan fingerprint density at radius 3 is 2.46 bits per heavy atom. The molecule has 39 heavy (non-hydrogen) atoms. The standard InChI is InChI=1S/C29H32FN3O6/c1-3-37-29(36)28-19(2)33(26(34)15-23(28)21-5-7-22(30)8-6-21)17-27(35)32-12-10-31(11-13-32)16-20-4-9-24-25(14-20)39-18-38-24/h4-9,14,23H,3,10-13,15-18H2,1-2H3. The molecule has 0 saturated carbocycles. The van der Waals surface area contributed by atoms with Crippen molar-refractivity contribution in [3.8, 4) is 11.5 Å². The monoisotopic (exact) mass is 537 g/mol. The molecular weight excluding hydrogens is 505 g/mol. The number of rotatable bonds is 7. The van der Waals surface area contributed by atoms with E-state index in [0.29, 0.717) is 43.0 Å². The predicted octanol–water partition coefficient (Wildman–Crippen LogP) is 3.05. The van der Waals surface area contributed by atoms with Crippen LogP contribution in [0.25, 0.3) is 0 Å². The summed E-state index contributed by atoms with van der Waals surface area (Å²) in [5, 5.41) is 0. The van der Waals surface area contributed by atoms with E-state index in [1.165, 1.54) is 17.0 Å². The minimum atomic E-state index is -0.566. The van der Waals surface area contributed by atoms with Crippen LogP contribution in [-0.4, -0.2) is 78.6 Å². The van der Waals surface area contributed by atoms with Crippen LogP contribution in [0.15, 0.2) is 53.7 Å². The highest BCUT2D eigenvalue weighted by Crippen LogP contribution is 2.37. The second-order valence-electron chi connectivity index (χ2n) is 9.85. The van der Waals surface area contributed by atoms with Gasteiger partial charge in [0.15, 0.2) is 11.5 Å². The summed E-state index contributed by atoms with van der Waals surface area (Å²) in [7, 11) is 0. The fraction of sp³-hybridized carbons (Fsp3) is 0.414. The van der Waals surface area contributed by atoms with Crippen molar-refractivity contribution in [2.24, 2.45) is 0 Å². The van der Waals surface area contributed by atoms with Crippen LogP contribution in [0.5, 0.6) is 11.5 Å². The number of nitrogens with zero attached hydrogens (tertiary/aromatic N) is 3. The zero-order valence-corrected chi connectivity index (χ0v) is 22.2. The summed E-state index contributed by atoms with van der Waals surface area (Å²) in [6.45, 7) is 6.85. The van der Waals surface area contributed by atoms with Gasteiger partial charge in [-0.3, -0.25) is 14.5 Å². The van der Waals surface area contributed by atoms with Gasteiger partial charge in [-0.05, 0) is 49.2 Å². The third kappa shape index (κ3) is 5.75. The Bertz CT molecular complexity index is 1290. The normalized spacial score (nSPS) is 19.5. The lowest BCUT2D eigenvalue weighted by Crippen LogP contribution is -2.52. The second kappa shape index (κ2) is 11.4. The molecule has 0 aliphatic carbocycles. The Labute approximate surface area is 226 Å². The van der Waals surface area contributed by atoms with Gasteiger partial charge in [0.2, 0.25) is 18.6 Å². The number of ether oxygens (including phenoxy) is 3. The fourth-order valence-corrected chi connectivity index (χ4v) is 5.34. The van der Waals surface area contributed by atoms with Gasteiger partial charge in [0, 0.05) is 50.8 Å². The van der Waals surface area contributed by atoms with E-state index in [-0.39, 0.29) is 38.2 Å². The highest BCUT2D eigenvalue weighted by molar-refractivity contribution is 5.97. The smallest absolute Gasteiger partial charge is 0.336 e. The first kappa shape index (κ1) is 26.7. The van der Waals surface area contributed by atoms with Gasteiger partial charge in [0.05, 0.1) is 12.2 Å². The van der Waals surface area contributed by atoms with Crippen LogP contribution in [0.2, 0.25) is 0 Å². The van der Waals surface area contributed by atoms with E-state index in [9.17, 15) is 18.8 Å². The van der Waals surface area contributed by atoms with Crippen LogP contribution in [0.3, 0.4) is 0 Å². The topological polar surface area (TPSA) is 88.6 Å². The maximum absolute atomic E-state index is 13.5. The molecule has 5 rings (SSSR count). The van der Waals surface area contributed by atoms with Gasteiger partial charge in [0.25, 0.3) is 0 Å². The van der Waals surface area contributed by atoms with Crippen molar-refractivity contribution < 1.29 is 33.0 Å². The summed E-state index contributed by atoms with van der Waals surface area (Å²) in [5.74, 6) is -0.434. The van der Waals surface area contributed by atoms with Crippen LogP contribution < -0.4 is 9.47 Å². The van der Waals surface area contributed by atoms with E-state index in [2.05, 4.69) is 4.90 Å². The second-order valence-corrected chi connectivity index (χ2v) is 9.85. The molecular formula is C29H32FN3O6. The number of benzene rings is 2. The van der Waals surface area contributed by atoms with Gasteiger partial charge in [-0.2, -0.15) is 0 Å². The Morgan fingerprint density at radius 2 is 1.74 bits per heavy atom. The van der Waals surface area contributed by atoms with Crippen LogP contribution >= 0.6 is 0 Å². The first-order valence-electron chi connectivity index (χ1n) is 13.2. The Balaban J connectivity index is 1.24. The van der Waals surface area contributed by atoms with E-state index in [4.69, 9.17) is 14.2 Å². The number of hydrogen-bond donors (Lipinski definition) is 0. The molecule has 2 aromatic carbocycles. The lowest BCUT2D eigenvalue weighted by Gasteiger charge is -2.38. The molecule has 1 unspecified atom stereocenters. The number of carbonyl (C=O) groups is 3. The van der Waals surface area contributed by atoms with Crippen molar-refractivity contribution in [1.82, 2.24) is 14.7 Å². The number of halogens is 1. The first-order valence-corrected chi connectivity index (χ1v) is 13.2. The third-order valence-electron chi connectivity index (χ3n) is 7.45. The van der Waals surface area contributed by atoms with Crippen molar-refractivity contribution in [2.75, 3.05) is 46.1 Å². The molecule has 9 nitrogen and oxygen atoms in total. The van der Waals surface area contributed by atoms with E-state index >= 15 is 0 Å². The van der Waals surface area contributed by atoms with Gasteiger partial charge >= 0.3 is 5.97 Å². The number of allylic oxidation sites excluding steroid dienone is 1. The van der Waals surface area contributed by atoms with Crippen LogP contribution in [-0.2, 0) is 25.7 Å². The molecule has 10 heteroatoms. The Morgan fingerprint density at radius 1 is 1.03 bits per heavy atom. The largest absolute Gasteiger partial charge is 0.463 e. The molecule has 2 aromatic rings. The summed E-state index contributed by atoms with van der Waals surface area (Å²) in [4.78, 5) is 44.8. The average molecular weight is 538 g/mol. The number of piperazine rings is 1. The summed E-state index contributed by atoms with van der Waals surface area (Å²) in [6, 6.07) is 11.7. The van der Waals surface area contributed by atoms with Crippen molar-refractivity contribution in [2.45, 2.75) is 32.7 Å². The molecule has 0 aromatic heterocycles. The minimum absolute atomic E-state index is 0.00624. The molecule has 0 N–H and O–H groups in total. The summed E-state index contributed by atoms with van der Waals surface area (Å²) < 4.78 is 29.6. The van der Waals surface area contributed by atoms with Crippen molar-refractivity contribution in [3.63, 3.8) is 0 Å². The van der Waals surface area contributed by atoms with Gasteiger partial charge in [0.1, 0.15) is 12.4 Å². The van der Waals surface area contributed by atoms with E-state index < -0.39 is 17.7 Å². The number of esters is 1. The minimum Gasteiger partial charge on any atom is -0.463 e. The van der Waals surface area contributed by atoms with E-state index in [1.54, 1.807) is 30.9 Å². The molecule has 3 aliphatic heterocycles. The van der Waals surface area contributed by atoms with Gasteiger partial charge in [-0.1, -0.05) is 18.2 Å². The molecule has 0 bridgehead atoms. The van der Waals surface area contributed by atoms with Crippen LogP contribution in [0, 0.1) is 5.82 Å². The molecule has 1 atom stereocenters. The number of fused-ring (bicyclic) bond motifs is 1. The summed E-state index contributed by atoms with van der Waals surface area (Å²) >= 11 is 0. The van der Waals surface area contributed by atoms with Crippen LogP contribution in [0.4, 0.5) is 4.39 Å². The molecule has 1 fully saturated rings. The molecule has 0 spiro atoms. The molecule has 0 radical (unpaired) electrons. The number of carbonyl (C=O) groups excluding carboxylic acids is 3. The summed E-state index contributed by atoms with van der Waals surface area (Å²) in [5.41, 5.74) is 2.48. The fourth-order valence-electron chi connectivity index (χ4n) is 5.34. The van der Waals surface area contributed by atoms with Crippen LogP contribution in [0.1, 0.15) is 37.3 Å². The number of amides is 2. The van der Waals surface area contributed by atoms with Gasteiger partial charge in [-0.15, -0.1) is 0 Å². The zero-order chi connectivity index (χ0) is 27.5. The quantitative estimate of drug-likeness (QED) is 0.502. The number of hydrogen-bond acceptors (Lipinski definition) is 7. The molecule has 3 aliphatic rings. The SMILES string of the molecule is CCOC(=O)C1=C(C)N(CC(=O)N2CCN(Cc3ccc4c(c3)OCO4)CC2)C(=O)CC1c1ccc(F)cc1. The van der Waals surface area contributed by atoms with Gasteiger partial charge < -0.3 is 24.0 Å².